The minimum absolute atomic E-state index is 1.02. The van der Waals surface area contributed by atoms with Crippen LogP contribution >= 0.6 is 0 Å². The van der Waals surface area contributed by atoms with Gasteiger partial charge < -0.3 is 4.90 Å². The molecule has 0 saturated heterocycles. The lowest BCUT2D eigenvalue weighted by Gasteiger charge is -2.08. The second-order valence-corrected chi connectivity index (χ2v) is 2.49. The van der Waals surface area contributed by atoms with Gasteiger partial charge in [0.05, 0.1) is 0 Å². The van der Waals surface area contributed by atoms with Crippen LogP contribution in [0.3, 0.4) is 0 Å². The quantitative estimate of drug-likeness (QED) is 0.519. The van der Waals surface area contributed by atoms with E-state index in [4.69, 9.17) is 0 Å². The summed E-state index contributed by atoms with van der Waals surface area (Å²) in [5.74, 6) is 0. The fourth-order valence-corrected chi connectivity index (χ4v) is 0.753. The van der Waals surface area contributed by atoms with E-state index in [0.29, 0.717) is 0 Å². The molecular weight excluding hydrogens is 110 g/mol. The van der Waals surface area contributed by atoms with Crippen LogP contribution in [0.5, 0.6) is 0 Å². The van der Waals surface area contributed by atoms with Gasteiger partial charge in [0, 0.05) is 6.54 Å². The largest absolute Gasteiger partial charge is 0.305 e. The van der Waals surface area contributed by atoms with Crippen molar-refractivity contribution in [3.8, 4) is 0 Å². The Morgan fingerprint density at radius 1 is 1.56 bits per heavy atom. The summed E-state index contributed by atoms with van der Waals surface area (Å²) in [5, 5.41) is 0. The monoisotopic (exact) mass is 125 g/mol. The van der Waals surface area contributed by atoms with Crippen molar-refractivity contribution in [3.63, 3.8) is 0 Å². The first-order valence-corrected chi connectivity index (χ1v) is 3.09. The van der Waals surface area contributed by atoms with Crippen molar-refractivity contribution in [2.75, 3.05) is 20.6 Å². The summed E-state index contributed by atoms with van der Waals surface area (Å²) in [6.45, 7) is 6.73. The molecule has 0 aromatic heterocycles. The van der Waals surface area contributed by atoms with Gasteiger partial charge in [-0.2, -0.15) is 0 Å². The highest BCUT2D eigenvalue weighted by atomic mass is 15.0. The molecule has 0 amide bonds. The van der Waals surface area contributed by atoms with Crippen LogP contribution in [0.2, 0.25) is 0 Å². The molecule has 0 N–H and O–H groups in total. The van der Waals surface area contributed by atoms with Crippen LogP contribution in [-0.4, -0.2) is 25.5 Å². The minimum Gasteiger partial charge on any atom is -0.305 e. The van der Waals surface area contributed by atoms with Crippen LogP contribution < -0.4 is 0 Å². The summed E-state index contributed by atoms with van der Waals surface area (Å²) in [7, 11) is 4.11. The summed E-state index contributed by atoms with van der Waals surface area (Å²) in [5.41, 5.74) is 1.34. The lowest BCUT2D eigenvalue weighted by molar-refractivity contribution is 0.445. The number of allylic oxidation sites excluding steroid dienone is 2. The van der Waals surface area contributed by atoms with Gasteiger partial charge in [0.1, 0.15) is 0 Å². The molecule has 52 valence electrons. The van der Waals surface area contributed by atoms with Crippen molar-refractivity contribution < 1.29 is 0 Å². The molecule has 0 heterocycles. The maximum absolute atomic E-state index is 3.61. The van der Waals surface area contributed by atoms with Crippen LogP contribution in [0.25, 0.3) is 0 Å². The highest BCUT2D eigenvalue weighted by Gasteiger charge is 1.88. The molecule has 0 aliphatic heterocycles. The molecule has 0 saturated carbocycles. The maximum Gasteiger partial charge on any atom is 0.0187 e. The van der Waals surface area contributed by atoms with Crippen molar-refractivity contribution >= 4 is 0 Å². The third kappa shape index (κ3) is 5.31. The Kier molecular flexibility index (Phi) is 4.06. The summed E-state index contributed by atoms with van der Waals surface area (Å²) in [6, 6.07) is 0. The summed E-state index contributed by atoms with van der Waals surface area (Å²) in [6.07, 6.45) is 3.85. The van der Waals surface area contributed by atoms with Crippen LogP contribution in [0.15, 0.2) is 24.3 Å². The minimum atomic E-state index is 1.02. The van der Waals surface area contributed by atoms with E-state index in [1.54, 1.807) is 0 Å². The maximum atomic E-state index is 3.61. The Morgan fingerprint density at radius 3 is 2.44 bits per heavy atom. The second kappa shape index (κ2) is 4.33. The molecule has 0 radical (unpaired) electrons. The van der Waals surface area contributed by atoms with E-state index >= 15 is 0 Å². The lowest BCUT2D eigenvalue weighted by atomic mass is 10.3. The topological polar surface area (TPSA) is 3.24 Å². The molecule has 0 unspecified atom stereocenters. The predicted octanol–water partition coefficient (Wildman–Crippen LogP) is 1.68. The third-order valence-electron chi connectivity index (χ3n) is 0.968. The third-order valence-corrected chi connectivity index (χ3v) is 0.968. The Bertz CT molecular complexity index is 112. The first kappa shape index (κ1) is 8.44. The van der Waals surface area contributed by atoms with Gasteiger partial charge in [-0.3, -0.25) is 0 Å². The van der Waals surface area contributed by atoms with Crippen LogP contribution in [0.1, 0.15) is 6.92 Å². The van der Waals surface area contributed by atoms with Gasteiger partial charge >= 0.3 is 0 Å². The highest BCUT2D eigenvalue weighted by Crippen LogP contribution is 1.92. The van der Waals surface area contributed by atoms with Crippen molar-refractivity contribution in [2.24, 2.45) is 0 Å². The second-order valence-electron chi connectivity index (χ2n) is 2.49. The van der Waals surface area contributed by atoms with Crippen molar-refractivity contribution in [3.05, 3.63) is 24.3 Å². The molecular formula is C8H15N. The molecule has 9 heavy (non-hydrogen) atoms. The van der Waals surface area contributed by atoms with Gasteiger partial charge in [0.2, 0.25) is 0 Å². The van der Waals surface area contributed by atoms with Gasteiger partial charge in [-0.1, -0.05) is 24.3 Å². The molecule has 0 aromatic rings. The molecule has 0 spiro atoms. The van der Waals surface area contributed by atoms with E-state index in [9.17, 15) is 0 Å². The molecule has 0 aromatic carbocycles. The van der Waals surface area contributed by atoms with E-state index in [2.05, 4.69) is 32.5 Å². The number of hydrogen-bond acceptors (Lipinski definition) is 1. The number of hydrogen-bond donors (Lipinski definition) is 0. The Hall–Kier alpha value is -0.560. The summed E-state index contributed by atoms with van der Waals surface area (Å²) < 4.78 is 0. The first-order valence-electron chi connectivity index (χ1n) is 3.09. The smallest absolute Gasteiger partial charge is 0.0187 e. The van der Waals surface area contributed by atoms with E-state index in [1.807, 2.05) is 12.2 Å². The highest BCUT2D eigenvalue weighted by molar-refractivity contribution is 5.08. The predicted molar refractivity (Wildman–Crippen MR) is 42.5 cm³/mol. The van der Waals surface area contributed by atoms with Crippen LogP contribution in [0.4, 0.5) is 0 Å². The molecule has 1 nitrogen and oxygen atoms in total. The molecule has 0 rings (SSSR count). The average Bonchev–Trinajstić information content (AvgIpc) is 1.63. The number of rotatable bonds is 3. The van der Waals surface area contributed by atoms with E-state index in [0.717, 1.165) is 6.54 Å². The van der Waals surface area contributed by atoms with Crippen LogP contribution in [0, 0.1) is 0 Å². The van der Waals surface area contributed by atoms with Crippen molar-refractivity contribution in [1.29, 1.82) is 0 Å². The molecule has 0 bridgehead atoms. The van der Waals surface area contributed by atoms with E-state index < -0.39 is 0 Å². The zero-order valence-electron chi connectivity index (χ0n) is 6.52. The molecule has 1 heteroatoms. The zero-order valence-corrected chi connectivity index (χ0v) is 6.52. The zero-order chi connectivity index (χ0) is 7.28. The summed E-state index contributed by atoms with van der Waals surface area (Å²) in [4.78, 5) is 2.13. The van der Waals surface area contributed by atoms with E-state index in [1.165, 1.54) is 5.57 Å². The van der Waals surface area contributed by atoms with Gasteiger partial charge in [-0.15, -0.1) is 0 Å². The van der Waals surface area contributed by atoms with Crippen molar-refractivity contribution in [1.82, 2.24) is 4.90 Å². The lowest BCUT2D eigenvalue weighted by Crippen LogP contribution is -2.13. The first-order chi connectivity index (χ1) is 4.16. The standard InChI is InChI=1S/C8H15N/c1-5-6-8(2)7-9(3)4/h5-6H,1,7H2,2-4H3/b8-6+. The number of likely N-dealkylation sites (N-methyl/N-ethyl adjacent to an activating group) is 1. The van der Waals surface area contributed by atoms with Gasteiger partial charge in [-0.05, 0) is 21.0 Å². The fourth-order valence-electron chi connectivity index (χ4n) is 0.753. The normalized spacial score (nSPS) is 12.2. The summed E-state index contributed by atoms with van der Waals surface area (Å²) >= 11 is 0. The van der Waals surface area contributed by atoms with Crippen molar-refractivity contribution in [2.45, 2.75) is 6.92 Å². The Labute approximate surface area is 57.7 Å². The number of nitrogens with zero attached hydrogens (tertiary/aromatic N) is 1. The SMILES string of the molecule is C=C/C=C(\C)CN(C)C. The van der Waals surface area contributed by atoms with Gasteiger partial charge in [0.25, 0.3) is 0 Å². The molecule has 0 aliphatic carbocycles. The van der Waals surface area contributed by atoms with E-state index in [-0.39, 0.29) is 0 Å². The Morgan fingerprint density at radius 2 is 2.11 bits per heavy atom. The fraction of sp³-hybridized carbons (Fsp3) is 0.500. The molecule has 0 aliphatic rings. The average molecular weight is 125 g/mol. The molecule has 0 atom stereocenters. The molecule has 0 fully saturated rings. The van der Waals surface area contributed by atoms with Crippen LogP contribution in [-0.2, 0) is 0 Å². The Balaban J connectivity index is 3.61. The van der Waals surface area contributed by atoms with Gasteiger partial charge in [-0.25, -0.2) is 0 Å². The van der Waals surface area contributed by atoms with Gasteiger partial charge in [0.15, 0.2) is 0 Å².